The van der Waals surface area contributed by atoms with Crippen LogP contribution >= 0.6 is 9.47 Å². The van der Waals surface area contributed by atoms with E-state index in [1.807, 2.05) is 0 Å². The second-order valence-corrected chi connectivity index (χ2v) is 3.23. The summed E-state index contributed by atoms with van der Waals surface area (Å²) < 4.78 is 4.85. The monoisotopic (exact) mass is 158 g/mol. The molecule has 1 saturated carbocycles. The maximum Gasteiger partial charge on any atom is 0.0700 e. The standard InChI is InChI=1S/C6H12BO2P/c7-5-1-4(3-9-10)6(8)2-5/h4-6,8H,1-3,10H2. The van der Waals surface area contributed by atoms with Gasteiger partial charge in [-0.15, -0.1) is 0 Å². The lowest BCUT2D eigenvalue weighted by Gasteiger charge is -2.11. The topological polar surface area (TPSA) is 29.5 Å². The first-order valence-corrected chi connectivity index (χ1v) is 3.96. The van der Waals surface area contributed by atoms with Crippen LogP contribution in [-0.4, -0.2) is 25.7 Å². The Morgan fingerprint density at radius 2 is 2.30 bits per heavy atom. The Bertz CT molecular complexity index is 112. The van der Waals surface area contributed by atoms with Crippen molar-refractivity contribution in [2.75, 3.05) is 6.61 Å². The van der Waals surface area contributed by atoms with Crippen molar-refractivity contribution in [3.8, 4) is 0 Å². The van der Waals surface area contributed by atoms with Crippen molar-refractivity contribution in [2.45, 2.75) is 24.8 Å². The number of rotatable bonds is 2. The molecule has 1 rings (SSSR count). The molecule has 0 aromatic heterocycles. The van der Waals surface area contributed by atoms with Crippen molar-refractivity contribution in [2.24, 2.45) is 5.92 Å². The van der Waals surface area contributed by atoms with Crippen LogP contribution in [0, 0.1) is 5.92 Å². The summed E-state index contributed by atoms with van der Waals surface area (Å²) in [6, 6.07) is 0. The van der Waals surface area contributed by atoms with Crippen LogP contribution in [0.4, 0.5) is 0 Å². The maximum absolute atomic E-state index is 9.32. The van der Waals surface area contributed by atoms with Gasteiger partial charge in [-0.3, -0.25) is 0 Å². The molecule has 4 atom stereocenters. The zero-order chi connectivity index (χ0) is 7.56. The minimum absolute atomic E-state index is 0.167. The minimum Gasteiger partial charge on any atom is -0.393 e. The van der Waals surface area contributed by atoms with Crippen LogP contribution in [0.5, 0.6) is 0 Å². The van der Waals surface area contributed by atoms with Crippen LogP contribution in [0.1, 0.15) is 12.8 Å². The second-order valence-electron chi connectivity index (χ2n) is 2.89. The van der Waals surface area contributed by atoms with E-state index in [1.54, 1.807) is 0 Å². The highest BCUT2D eigenvalue weighted by Crippen LogP contribution is 2.33. The molecule has 2 nitrogen and oxygen atoms in total. The summed E-state index contributed by atoms with van der Waals surface area (Å²) in [4.78, 5) is 0. The second kappa shape index (κ2) is 3.70. The number of hydrogen-bond donors (Lipinski definition) is 1. The quantitative estimate of drug-likeness (QED) is 0.468. The molecule has 1 aliphatic rings. The first kappa shape index (κ1) is 8.51. The van der Waals surface area contributed by atoms with Gasteiger partial charge < -0.3 is 9.63 Å². The highest BCUT2D eigenvalue weighted by atomic mass is 31.0. The zero-order valence-corrected chi connectivity index (χ0v) is 7.02. The molecule has 0 heterocycles. The van der Waals surface area contributed by atoms with Crippen molar-refractivity contribution < 1.29 is 9.63 Å². The lowest BCUT2D eigenvalue weighted by atomic mass is 9.85. The van der Waals surface area contributed by atoms with Crippen LogP contribution in [0.15, 0.2) is 0 Å². The molecule has 0 amide bonds. The maximum atomic E-state index is 9.32. The average molecular weight is 158 g/mol. The molecule has 1 fully saturated rings. The molecule has 0 aromatic rings. The number of aliphatic hydroxyl groups is 1. The van der Waals surface area contributed by atoms with E-state index in [0.29, 0.717) is 6.61 Å². The van der Waals surface area contributed by atoms with E-state index < -0.39 is 0 Å². The molecule has 4 unspecified atom stereocenters. The average Bonchev–Trinajstić information content (AvgIpc) is 2.13. The lowest BCUT2D eigenvalue weighted by molar-refractivity contribution is 0.105. The molecule has 0 aliphatic heterocycles. The summed E-state index contributed by atoms with van der Waals surface area (Å²) >= 11 is 0. The Balaban J connectivity index is 2.31. The SMILES string of the molecule is [B]C1CC(O)C(COP)C1. The van der Waals surface area contributed by atoms with Crippen molar-refractivity contribution in [3.63, 3.8) is 0 Å². The predicted octanol–water partition coefficient (Wildman–Crippen LogP) is 0.521. The first-order valence-electron chi connectivity index (χ1n) is 3.49. The molecule has 56 valence electrons. The van der Waals surface area contributed by atoms with Gasteiger partial charge in [-0.25, -0.2) is 0 Å². The van der Waals surface area contributed by atoms with Gasteiger partial charge in [0.25, 0.3) is 0 Å². The van der Waals surface area contributed by atoms with Gasteiger partial charge >= 0.3 is 0 Å². The third-order valence-electron chi connectivity index (χ3n) is 2.00. The van der Waals surface area contributed by atoms with Gasteiger partial charge in [0.2, 0.25) is 0 Å². The molecule has 0 spiro atoms. The van der Waals surface area contributed by atoms with Crippen molar-refractivity contribution in [3.05, 3.63) is 0 Å². The van der Waals surface area contributed by atoms with E-state index in [-0.39, 0.29) is 17.8 Å². The van der Waals surface area contributed by atoms with Crippen LogP contribution in [-0.2, 0) is 4.52 Å². The molecule has 0 bridgehead atoms. The van der Waals surface area contributed by atoms with Crippen LogP contribution in [0.3, 0.4) is 0 Å². The summed E-state index contributed by atoms with van der Waals surface area (Å²) in [6.45, 7) is 0.597. The van der Waals surface area contributed by atoms with Gasteiger partial charge in [0.15, 0.2) is 0 Å². The Labute approximate surface area is 65.0 Å². The number of hydrogen-bond acceptors (Lipinski definition) is 2. The Kier molecular flexibility index (Phi) is 3.15. The third kappa shape index (κ3) is 1.95. The highest BCUT2D eigenvalue weighted by Gasteiger charge is 2.29. The Hall–Kier alpha value is 0.415. The van der Waals surface area contributed by atoms with E-state index in [2.05, 4.69) is 9.47 Å². The van der Waals surface area contributed by atoms with E-state index in [4.69, 9.17) is 12.4 Å². The van der Waals surface area contributed by atoms with Gasteiger partial charge in [-0.05, 0) is 6.42 Å². The van der Waals surface area contributed by atoms with E-state index in [0.717, 1.165) is 12.8 Å². The van der Waals surface area contributed by atoms with Crippen LogP contribution in [0.25, 0.3) is 0 Å². The largest absolute Gasteiger partial charge is 0.393 e. The fourth-order valence-electron chi connectivity index (χ4n) is 1.45. The summed E-state index contributed by atoms with van der Waals surface area (Å²) in [7, 11) is 7.81. The Morgan fingerprint density at radius 1 is 1.60 bits per heavy atom. The van der Waals surface area contributed by atoms with Gasteiger partial charge in [0, 0.05) is 15.4 Å². The zero-order valence-electron chi connectivity index (χ0n) is 5.86. The van der Waals surface area contributed by atoms with E-state index >= 15 is 0 Å². The summed E-state index contributed by atoms with van der Waals surface area (Å²) in [6.07, 6.45) is 1.35. The van der Waals surface area contributed by atoms with Crippen molar-refractivity contribution in [1.29, 1.82) is 0 Å². The predicted molar refractivity (Wildman–Crippen MR) is 43.9 cm³/mol. The molecule has 10 heavy (non-hydrogen) atoms. The molecular formula is C6H12BO2P. The van der Waals surface area contributed by atoms with Gasteiger partial charge in [-0.1, -0.05) is 12.2 Å². The fourth-order valence-corrected chi connectivity index (χ4v) is 1.69. The molecule has 1 N–H and O–H groups in total. The number of aliphatic hydroxyl groups excluding tert-OH is 1. The van der Waals surface area contributed by atoms with Gasteiger partial charge in [-0.2, -0.15) is 0 Å². The van der Waals surface area contributed by atoms with E-state index in [1.165, 1.54) is 0 Å². The third-order valence-corrected chi connectivity index (χ3v) is 2.20. The van der Waals surface area contributed by atoms with Gasteiger partial charge in [0.1, 0.15) is 0 Å². The Morgan fingerprint density at radius 3 is 2.70 bits per heavy atom. The smallest absolute Gasteiger partial charge is 0.0700 e. The lowest BCUT2D eigenvalue weighted by Crippen LogP contribution is -2.16. The molecule has 1 aliphatic carbocycles. The molecular weight excluding hydrogens is 146 g/mol. The molecule has 4 heteroatoms. The van der Waals surface area contributed by atoms with Crippen LogP contribution < -0.4 is 0 Å². The summed E-state index contributed by atoms with van der Waals surface area (Å²) in [5.41, 5.74) is 0. The van der Waals surface area contributed by atoms with Crippen LogP contribution in [0.2, 0.25) is 5.82 Å². The molecule has 0 saturated heterocycles. The minimum atomic E-state index is -0.254. The highest BCUT2D eigenvalue weighted by molar-refractivity contribution is 7.09. The first-order chi connectivity index (χ1) is 4.74. The van der Waals surface area contributed by atoms with E-state index in [9.17, 15) is 5.11 Å². The normalized spacial score (nSPS) is 40.4. The summed E-state index contributed by atoms with van der Waals surface area (Å²) in [5.74, 6) is 0.410. The summed E-state index contributed by atoms with van der Waals surface area (Å²) in [5, 5.41) is 9.32. The molecule has 0 aromatic carbocycles. The van der Waals surface area contributed by atoms with Gasteiger partial charge in [0.05, 0.1) is 20.6 Å². The molecule has 2 radical (unpaired) electrons. The van der Waals surface area contributed by atoms with Crippen molar-refractivity contribution in [1.82, 2.24) is 0 Å². The van der Waals surface area contributed by atoms with Crippen molar-refractivity contribution >= 4 is 17.3 Å². The fraction of sp³-hybridized carbons (Fsp3) is 1.00.